The van der Waals surface area contributed by atoms with Crippen molar-refractivity contribution in [2.45, 2.75) is 13.0 Å². The summed E-state index contributed by atoms with van der Waals surface area (Å²) in [5.41, 5.74) is 0.798. The molecule has 0 fully saturated rings. The zero-order valence-corrected chi connectivity index (χ0v) is 11.6. The number of hydrogen-bond donors (Lipinski definition) is 0. The number of carbonyl (C=O) groups excluding carboxylic acids is 1. The van der Waals surface area contributed by atoms with Gasteiger partial charge in [0.25, 0.3) is 5.91 Å². The van der Waals surface area contributed by atoms with Gasteiger partial charge in [-0.15, -0.1) is 0 Å². The van der Waals surface area contributed by atoms with Crippen LogP contribution in [-0.4, -0.2) is 22.5 Å². The van der Waals surface area contributed by atoms with Crippen molar-refractivity contribution < 1.29 is 13.7 Å². The molecular weight excluding hydrogens is 284 g/mol. The molecule has 0 unspecified atom stereocenters. The number of aromatic nitrogens is 1. The van der Waals surface area contributed by atoms with Gasteiger partial charge in [0.05, 0.1) is 12.7 Å². The van der Waals surface area contributed by atoms with Crippen molar-refractivity contribution in [1.82, 2.24) is 10.1 Å². The second kappa shape index (κ2) is 4.84. The van der Waals surface area contributed by atoms with Crippen LogP contribution in [0.4, 0.5) is 0 Å². The summed E-state index contributed by atoms with van der Waals surface area (Å²) >= 11 is 0. The molecule has 4 rings (SSSR count). The second-order valence-corrected chi connectivity index (χ2v) is 5.24. The number of fused-ring (bicyclic) bond motifs is 2. The van der Waals surface area contributed by atoms with Gasteiger partial charge in [-0.1, -0.05) is 23.4 Å². The van der Waals surface area contributed by atoms with Crippen molar-refractivity contribution in [3.05, 3.63) is 63.8 Å². The fourth-order valence-electron chi connectivity index (χ4n) is 2.70. The van der Waals surface area contributed by atoms with E-state index >= 15 is 0 Å². The Hall–Kier alpha value is -2.89. The zero-order valence-electron chi connectivity index (χ0n) is 11.6. The summed E-state index contributed by atoms with van der Waals surface area (Å²) in [5.74, 6) is 0.473. The Bertz CT molecular complexity index is 925. The van der Waals surface area contributed by atoms with Crippen molar-refractivity contribution in [2.24, 2.45) is 0 Å². The van der Waals surface area contributed by atoms with E-state index in [-0.39, 0.29) is 11.5 Å². The van der Waals surface area contributed by atoms with Crippen LogP contribution in [0.25, 0.3) is 11.0 Å². The lowest BCUT2D eigenvalue weighted by Gasteiger charge is -2.25. The third-order valence-corrected chi connectivity index (χ3v) is 3.86. The van der Waals surface area contributed by atoms with Crippen LogP contribution in [0.2, 0.25) is 0 Å². The SMILES string of the molecule is O=C(c1cc2ccccc2oc1=O)N1CCc2oncc2C1. The Balaban J connectivity index is 1.71. The highest BCUT2D eigenvalue weighted by Gasteiger charge is 2.26. The maximum Gasteiger partial charge on any atom is 0.349 e. The first-order chi connectivity index (χ1) is 10.7. The van der Waals surface area contributed by atoms with Crippen LogP contribution in [0.1, 0.15) is 21.7 Å². The van der Waals surface area contributed by atoms with Crippen LogP contribution in [0.3, 0.4) is 0 Å². The Morgan fingerprint density at radius 1 is 1.27 bits per heavy atom. The van der Waals surface area contributed by atoms with E-state index in [0.717, 1.165) is 16.7 Å². The summed E-state index contributed by atoms with van der Waals surface area (Å²) in [4.78, 5) is 26.3. The minimum atomic E-state index is -0.611. The lowest BCUT2D eigenvalue weighted by atomic mass is 10.1. The molecular formula is C16H12N2O4. The standard InChI is InChI=1S/C16H12N2O4/c19-15(18-6-5-14-11(9-18)8-17-22-14)12-7-10-3-1-2-4-13(10)21-16(12)20/h1-4,7-8H,5-6,9H2. The van der Waals surface area contributed by atoms with E-state index in [1.54, 1.807) is 29.3 Å². The number of benzene rings is 1. The first-order valence-corrected chi connectivity index (χ1v) is 6.97. The largest absolute Gasteiger partial charge is 0.422 e. The lowest BCUT2D eigenvalue weighted by molar-refractivity contribution is 0.0725. The average molecular weight is 296 g/mol. The van der Waals surface area contributed by atoms with Crippen LogP contribution in [0, 0.1) is 0 Å². The molecule has 0 spiro atoms. The molecule has 3 heterocycles. The van der Waals surface area contributed by atoms with Gasteiger partial charge in [0, 0.05) is 23.9 Å². The molecule has 0 saturated heterocycles. The van der Waals surface area contributed by atoms with Gasteiger partial charge in [0.15, 0.2) is 0 Å². The van der Waals surface area contributed by atoms with E-state index in [0.29, 0.717) is 25.1 Å². The third-order valence-electron chi connectivity index (χ3n) is 3.86. The first kappa shape index (κ1) is 12.8. The zero-order chi connectivity index (χ0) is 15.1. The molecule has 0 bridgehead atoms. The monoisotopic (exact) mass is 296 g/mol. The number of carbonyl (C=O) groups is 1. The second-order valence-electron chi connectivity index (χ2n) is 5.24. The topological polar surface area (TPSA) is 76.6 Å². The minimum Gasteiger partial charge on any atom is -0.422 e. The predicted octanol–water partition coefficient (Wildman–Crippen LogP) is 1.98. The summed E-state index contributed by atoms with van der Waals surface area (Å²) in [6.07, 6.45) is 2.21. The van der Waals surface area contributed by atoms with E-state index in [1.165, 1.54) is 0 Å². The molecule has 0 aliphatic carbocycles. The summed E-state index contributed by atoms with van der Waals surface area (Å²) in [6, 6.07) is 8.72. The highest BCUT2D eigenvalue weighted by molar-refractivity contribution is 5.96. The Kier molecular flexibility index (Phi) is 2.82. The van der Waals surface area contributed by atoms with Crippen LogP contribution in [0.15, 0.2) is 50.3 Å². The Labute approximate surface area is 124 Å². The number of amides is 1. The highest BCUT2D eigenvalue weighted by Crippen LogP contribution is 2.20. The fourth-order valence-corrected chi connectivity index (χ4v) is 2.70. The van der Waals surface area contributed by atoms with Gasteiger partial charge >= 0.3 is 5.63 Å². The summed E-state index contributed by atoms with van der Waals surface area (Å²) in [7, 11) is 0. The Morgan fingerprint density at radius 3 is 3.05 bits per heavy atom. The van der Waals surface area contributed by atoms with Gasteiger partial charge in [-0.25, -0.2) is 4.79 Å². The Morgan fingerprint density at radius 2 is 2.14 bits per heavy atom. The summed E-state index contributed by atoms with van der Waals surface area (Å²) in [6.45, 7) is 0.886. The lowest BCUT2D eigenvalue weighted by Crippen LogP contribution is -2.37. The molecule has 1 amide bonds. The molecule has 0 saturated carbocycles. The summed E-state index contributed by atoms with van der Waals surface area (Å²) in [5, 5.41) is 4.47. The molecule has 0 radical (unpaired) electrons. The molecule has 1 aliphatic heterocycles. The van der Waals surface area contributed by atoms with Gasteiger partial charge in [-0.05, 0) is 12.1 Å². The van der Waals surface area contributed by atoms with Gasteiger partial charge in [0.2, 0.25) is 0 Å². The smallest absolute Gasteiger partial charge is 0.349 e. The maximum atomic E-state index is 12.6. The normalized spacial score (nSPS) is 14.1. The minimum absolute atomic E-state index is 0.0543. The van der Waals surface area contributed by atoms with E-state index in [1.807, 2.05) is 12.1 Å². The van der Waals surface area contributed by atoms with E-state index in [9.17, 15) is 9.59 Å². The molecule has 6 nitrogen and oxygen atoms in total. The molecule has 3 aromatic rings. The first-order valence-electron chi connectivity index (χ1n) is 6.97. The number of nitrogens with zero attached hydrogens (tertiary/aromatic N) is 2. The average Bonchev–Trinajstić information content (AvgIpc) is 3.01. The molecule has 1 aromatic carbocycles. The van der Waals surface area contributed by atoms with E-state index in [2.05, 4.69) is 5.16 Å². The van der Waals surface area contributed by atoms with Crippen molar-refractivity contribution >= 4 is 16.9 Å². The fraction of sp³-hybridized carbons (Fsp3) is 0.188. The molecule has 0 atom stereocenters. The van der Waals surface area contributed by atoms with Crippen molar-refractivity contribution in [3.63, 3.8) is 0 Å². The highest BCUT2D eigenvalue weighted by atomic mass is 16.5. The van der Waals surface area contributed by atoms with Crippen LogP contribution in [-0.2, 0) is 13.0 Å². The predicted molar refractivity (Wildman–Crippen MR) is 77.4 cm³/mol. The molecule has 6 heteroatoms. The van der Waals surface area contributed by atoms with Gasteiger partial charge in [-0.3, -0.25) is 4.79 Å². The van der Waals surface area contributed by atoms with Gasteiger partial charge < -0.3 is 13.8 Å². The molecule has 110 valence electrons. The van der Waals surface area contributed by atoms with Crippen LogP contribution < -0.4 is 5.63 Å². The number of para-hydroxylation sites is 1. The van der Waals surface area contributed by atoms with Crippen molar-refractivity contribution in [1.29, 1.82) is 0 Å². The molecule has 1 aliphatic rings. The number of rotatable bonds is 1. The quantitative estimate of drug-likeness (QED) is 0.642. The van der Waals surface area contributed by atoms with Crippen LogP contribution in [0.5, 0.6) is 0 Å². The number of hydrogen-bond acceptors (Lipinski definition) is 5. The molecule has 0 N–H and O–H groups in total. The van der Waals surface area contributed by atoms with E-state index < -0.39 is 5.63 Å². The molecule has 2 aromatic heterocycles. The van der Waals surface area contributed by atoms with Gasteiger partial charge in [-0.2, -0.15) is 0 Å². The van der Waals surface area contributed by atoms with Crippen LogP contribution >= 0.6 is 0 Å². The summed E-state index contributed by atoms with van der Waals surface area (Å²) < 4.78 is 10.3. The molecule has 22 heavy (non-hydrogen) atoms. The van der Waals surface area contributed by atoms with Gasteiger partial charge in [0.1, 0.15) is 16.9 Å². The van der Waals surface area contributed by atoms with Crippen molar-refractivity contribution in [2.75, 3.05) is 6.54 Å². The third kappa shape index (κ3) is 2.00. The van der Waals surface area contributed by atoms with Crippen molar-refractivity contribution in [3.8, 4) is 0 Å². The maximum absolute atomic E-state index is 12.6. The van der Waals surface area contributed by atoms with E-state index in [4.69, 9.17) is 8.94 Å².